The number of pyridine rings is 1. The van der Waals surface area contributed by atoms with Crippen LogP contribution in [0.4, 0.5) is 18.9 Å². The summed E-state index contributed by atoms with van der Waals surface area (Å²) in [6.45, 7) is 6.03. The number of hydrogen-bond donors (Lipinski definition) is 0. The smallest absolute Gasteiger partial charge is 0.416 e. The molecule has 6 rings (SSSR count). The topological polar surface area (TPSA) is 47.1 Å². The van der Waals surface area contributed by atoms with Crippen LogP contribution in [0.2, 0.25) is 0 Å². The zero-order valence-corrected chi connectivity index (χ0v) is 23.4. The molecule has 0 spiro atoms. The number of ether oxygens (including phenoxy) is 3. The molecule has 0 saturated carbocycles. The summed E-state index contributed by atoms with van der Waals surface area (Å²) >= 11 is 0. The Labute approximate surface area is 243 Å². The van der Waals surface area contributed by atoms with Crippen LogP contribution in [0.1, 0.15) is 34.2 Å². The molecule has 0 bridgehead atoms. The predicted octanol–water partition coefficient (Wildman–Crippen LogP) is 7.38. The number of anilines is 1. The van der Waals surface area contributed by atoms with Gasteiger partial charge in [0.15, 0.2) is 11.5 Å². The van der Waals surface area contributed by atoms with E-state index in [0.29, 0.717) is 18.7 Å². The van der Waals surface area contributed by atoms with Crippen molar-refractivity contribution in [3.8, 4) is 23.1 Å². The first kappa shape index (κ1) is 27.9. The van der Waals surface area contributed by atoms with Gasteiger partial charge in [0.05, 0.1) is 12.2 Å². The fourth-order valence-electron chi connectivity index (χ4n) is 5.33. The number of benzene rings is 3. The van der Waals surface area contributed by atoms with Gasteiger partial charge < -0.3 is 19.1 Å². The van der Waals surface area contributed by atoms with Crippen LogP contribution in [0, 0.1) is 6.92 Å². The summed E-state index contributed by atoms with van der Waals surface area (Å²) in [5.74, 6) is 2.87. The fraction of sp³-hybridized carbons (Fsp3) is 0.303. The van der Waals surface area contributed by atoms with Crippen molar-refractivity contribution in [1.82, 2.24) is 9.88 Å². The highest BCUT2D eigenvalue weighted by molar-refractivity contribution is 5.53. The van der Waals surface area contributed by atoms with Gasteiger partial charge in [0.1, 0.15) is 5.75 Å². The third-order valence-corrected chi connectivity index (χ3v) is 7.64. The first-order chi connectivity index (χ1) is 20.3. The van der Waals surface area contributed by atoms with Crippen molar-refractivity contribution < 1.29 is 27.4 Å². The summed E-state index contributed by atoms with van der Waals surface area (Å²) in [4.78, 5) is 9.27. The van der Waals surface area contributed by atoms with Crippen molar-refractivity contribution in [1.29, 1.82) is 0 Å². The maximum absolute atomic E-state index is 12.8. The van der Waals surface area contributed by atoms with Crippen LogP contribution in [0.5, 0.6) is 23.1 Å². The van der Waals surface area contributed by atoms with Gasteiger partial charge in [-0.3, -0.25) is 4.90 Å². The summed E-state index contributed by atoms with van der Waals surface area (Å²) < 4.78 is 55.4. The van der Waals surface area contributed by atoms with E-state index in [4.69, 9.17) is 14.2 Å². The summed E-state index contributed by atoms with van der Waals surface area (Å²) in [5, 5.41) is 0. The van der Waals surface area contributed by atoms with E-state index < -0.39 is 11.7 Å². The zero-order valence-electron chi connectivity index (χ0n) is 23.4. The molecule has 6 nitrogen and oxygen atoms in total. The Morgan fingerprint density at radius 1 is 0.833 bits per heavy atom. The quantitative estimate of drug-likeness (QED) is 0.218. The standard InChI is InChI=1S/C33H32F3N3O3/c1-23-17-28(39-16-2-15-38(21-39)20-26-7-12-30-31(18-26)41-22-40-30)11-13-29(23)42-32-14-8-25(19-37-32)4-3-24-5-9-27(10-6-24)33(34,35)36/h5-14,17-19H,2-4,15-16,20-22H2,1H3. The Balaban J connectivity index is 1.03. The van der Waals surface area contributed by atoms with Crippen molar-refractivity contribution >= 4 is 5.69 Å². The van der Waals surface area contributed by atoms with Gasteiger partial charge in [-0.1, -0.05) is 24.3 Å². The van der Waals surface area contributed by atoms with E-state index in [9.17, 15) is 13.2 Å². The van der Waals surface area contributed by atoms with E-state index in [2.05, 4.69) is 39.0 Å². The van der Waals surface area contributed by atoms with Gasteiger partial charge >= 0.3 is 6.18 Å². The van der Waals surface area contributed by atoms with Crippen LogP contribution < -0.4 is 19.1 Å². The van der Waals surface area contributed by atoms with Crippen LogP contribution in [-0.2, 0) is 25.6 Å². The van der Waals surface area contributed by atoms with Crippen LogP contribution >= 0.6 is 0 Å². The fourth-order valence-corrected chi connectivity index (χ4v) is 5.33. The molecule has 1 fully saturated rings. The Morgan fingerprint density at radius 2 is 1.60 bits per heavy atom. The molecule has 42 heavy (non-hydrogen) atoms. The zero-order chi connectivity index (χ0) is 29.1. The molecule has 4 aromatic rings. The van der Waals surface area contributed by atoms with Gasteiger partial charge in [0.2, 0.25) is 12.7 Å². The van der Waals surface area contributed by atoms with E-state index in [1.54, 1.807) is 6.20 Å². The van der Waals surface area contributed by atoms with E-state index >= 15 is 0 Å². The Hall–Kier alpha value is -4.24. The average molecular weight is 576 g/mol. The van der Waals surface area contributed by atoms with Crippen LogP contribution in [0.25, 0.3) is 0 Å². The average Bonchev–Trinajstić information content (AvgIpc) is 3.46. The van der Waals surface area contributed by atoms with Crippen molar-refractivity contribution in [2.75, 3.05) is 31.5 Å². The van der Waals surface area contributed by atoms with Crippen LogP contribution in [-0.4, -0.2) is 36.4 Å². The SMILES string of the molecule is Cc1cc(N2CCCN(Cc3ccc4c(c3)OCO4)C2)ccc1Oc1ccc(CCc2ccc(C(F)(F)F)cc2)cn1. The van der Waals surface area contributed by atoms with E-state index in [1.807, 2.05) is 31.2 Å². The number of nitrogens with zero attached hydrogens (tertiary/aromatic N) is 3. The lowest BCUT2D eigenvalue weighted by atomic mass is 10.0. The molecule has 0 radical (unpaired) electrons. The minimum atomic E-state index is -4.32. The molecular weight excluding hydrogens is 543 g/mol. The van der Waals surface area contributed by atoms with Crippen molar-refractivity contribution in [3.05, 3.63) is 107 Å². The van der Waals surface area contributed by atoms with Gasteiger partial charge in [0.25, 0.3) is 0 Å². The number of hydrogen-bond acceptors (Lipinski definition) is 6. The summed E-state index contributed by atoms with van der Waals surface area (Å²) in [6.07, 6.45) is -0.177. The molecule has 3 heterocycles. The molecule has 9 heteroatoms. The maximum atomic E-state index is 12.8. The predicted molar refractivity (Wildman–Crippen MR) is 154 cm³/mol. The summed E-state index contributed by atoms with van der Waals surface area (Å²) in [7, 11) is 0. The van der Waals surface area contributed by atoms with Crippen molar-refractivity contribution in [3.63, 3.8) is 0 Å². The minimum absolute atomic E-state index is 0.283. The molecule has 0 unspecified atom stereocenters. The second-order valence-corrected chi connectivity index (χ2v) is 10.7. The van der Waals surface area contributed by atoms with Gasteiger partial charge in [-0.2, -0.15) is 13.2 Å². The van der Waals surface area contributed by atoms with Gasteiger partial charge in [-0.25, -0.2) is 4.98 Å². The molecule has 0 aliphatic carbocycles. The Bertz CT molecular complexity index is 1520. The number of aryl methyl sites for hydroxylation is 3. The minimum Gasteiger partial charge on any atom is -0.454 e. The van der Waals surface area contributed by atoms with Gasteiger partial charge in [-0.15, -0.1) is 0 Å². The van der Waals surface area contributed by atoms with Crippen molar-refractivity contribution in [2.45, 2.75) is 38.9 Å². The molecule has 0 amide bonds. The Morgan fingerprint density at radius 3 is 2.36 bits per heavy atom. The first-order valence-corrected chi connectivity index (χ1v) is 14.1. The monoisotopic (exact) mass is 575 g/mol. The van der Waals surface area contributed by atoms with Crippen molar-refractivity contribution in [2.24, 2.45) is 0 Å². The maximum Gasteiger partial charge on any atom is 0.416 e. The van der Waals surface area contributed by atoms with E-state index in [-0.39, 0.29) is 6.79 Å². The normalized spacial score (nSPS) is 15.2. The lowest BCUT2D eigenvalue weighted by Crippen LogP contribution is -2.44. The highest BCUT2D eigenvalue weighted by Gasteiger charge is 2.30. The molecule has 218 valence electrons. The molecule has 0 N–H and O–H groups in total. The molecule has 2 aliphatic rings. The highest BCUT2D eigenvalue weighted by Crippen LogP contribution is 2.34. The number of aromatic nitrogens is 1. The second kappa shape index (κ2) is 11.9. The lowest BCUT2D eigenvalue weighted by molar-refractivity contribution is -0.137. The number of alkyl halides is 3. The second-order valence-electron chi connectivity index (χ2n) is 10.7. The number of rotatable bonds is 8. The molecule has 0 atom stereocenters. The highest BCUT2D eigenvalue weighted by atomic mass is 19.4. The molecule has 1 saturated heterocycles. The lowest BCUT2D eigenvalue weighted by Gasteiger charge is -2.37. The van der Waals surface area contributed by atoms with Crippen LogP contribution in [0.3, 0.4) is 0 Å². The third-order valence-electron chi connectivity index (χ3n) is 7.64. The van der Waals surface area contributed by atoms with E-state index in [0.717, 1.165) is 84.5 Å². The number of halogens is 3. The summed E-state index contributed by atoms with van der Waals surface area (Å²) in [6, 6.07) is 21.5. The third kappa shape index (κ3) is 6.62. The number of fused-ring (bicyclic) bond motifs is 1. The molecular formula is C33H32F3N3O3. The van der Waals surface area contributed by atoms with E-state index in [1.165, 1.54) is 17.7 Å². The Kier molecular flexibility index (Phi) is 7.93. The summed E-state index contributed by atoms with van der Waals surface area (Å²) in [5.41, 5.74) is 4.59. The molecule has 2 aliphatic heterocycles. The molecule has 3 aromatic carbocycles. The largest absolute Gasteiger partial charge is 0.454 e. The van der Waals surface area contributed by atoms with Gasteiger partial charge in [0, 0.05) is 37.6 Å². The first-order valence-electron chi connectivity index (χ1n) is 14.1. The van der Waals surface area contributed by atoms with Gasteiger partial charge in [-0.05, 0) is 90.9 Å². The van der Waals surface area contributed by atoms with Crippen LogP contribution in [0.15, 0.2) is 79.0 Å². The molecule has 1 aromatic heterocycles.